The van der Waals surface area contributed by atoms with E-state index >= 15 is 0 Å². The van der Waals surface area contributed by atoms with E-state index in [0.717, 1.165) is 24.3 Å². The van der Waals surface area contributed by atoms with Gasteiger partial charge in [-0.3, -0.25) is 4.79 Å². The molecule has 1 amide bonds. The van der Waals surface area contributed by atoms with Gasteiger partial charge in [0, 0.05) is 0 Å². The highest BCUT2D eigenvalue weighted by Crippen LogP contribution is 2.14. The molecule has 3 nitrogen and oxygen atoms in total. The zero-order valence-electron chi connectivity index (χ0n) is 12.6. The molecular weight excluding hydrogens is 250 g/mol. The number of primary amides is 1. The fourth-order valence-electron chi connectivity index (χ4n) is 2.20. The van der Waals surface area contributed by atoms with Gasteiger partial charge in [0.05, 0.1) is 13.0 Å². The van der Waals surface area contributed by atoms with Gasteiger partial charge in [-0.25, -0.2) is 0 Å². The summed E-state index contributed by atoms with van der Waals surface area (Å²) in [6.45, 7) is 2.98. The van der Waals surface area contributed by atoms with Crippen LogP contribution in [-0.4, -0.2) is 12.5 Å². The molecule has 112 valence electrons. The van der Waals surface area contributed by atoms with Crippen LogP contribution in [0.1, 0.15) is 57.4 Å². The molecule has 0 saturated heterocycles. The number of ether oxygens (including phenoxy) is 1. The van der Waals surface area contributed by atoms with E-state index in [1.54, 1.807) is 0 Å². The smallest absolute Gasteiger partial charge is 0.221 e. The van der Waals surface area contributed by atoms with Crippen LogP contribution in [0.2, 0.25) is 0 Å². The average Bonchev–Trinajstić information content (AvgIpc) is 2.41. The number of hydrogen-bond acceptors (Lipinski definition) is 2. The van der Waals surface area contributed by atoms with E-state index in [2.05, 4.69) is 6.92 Å². The molecule has 3 heteroatoms. The standard InChI is InChI=1S/C17H27NO2/c1-2-3-4-5-6-7-8-12-20-16-11-9-10-15(13-16)14-17(18)19/h9-11,13H,2-8,12,14H2,1H3,(H2,18,19). The molecule has 0 bridgehead atoms. The van der Waals surface area contributed by atoms with E-state index in [9.17, 15) is 4.79 Å². The van der Waals surface area contributed by atoms with Crippen molar-refractivity contribution in [1.29, 1.82) is 0 Å². The Morgan fingerprint density at radius 3 is 2.50 bits per heavy atom. The first-order chi connectivity index (χ1) is 9.72. The zero-order chi connectivity index (χ0) is 14.6. The van der Waals surface area contributed by atoms with Gasteiger partial charge < -0.3 is 10.5 Å². The van der Waals surface area contributed by atoms with Crippen LogP contribution >= 0.6 is 0 Å². The van der Waals surface area contributed by atoms with Crippen LogP contribution in [0.4, 0.5) is 0 Å². The number of rotatable bonds is 11. The molecule has 0 aromatic heterocycles. The molecular formula is C17H27NO2. The third kappa shape index (κ3) is 7.82. The lowest BCUT2D eigenvalue weighted by molar-refractivity contribution is -0.117. The molecule has 0 atom stereocenters. The minimum atomic E-state index is -0.311. The summed E-state index contributed by atoms with van der Waals surface area (Å²) in [7, 11) is 0. The normalized spacial score (nSPS) is 10.4. The maximum atomic E-state index is 10.9. The molecule has 20 heavy (non-hydrogen) atoms. The highest BCUT2D eigenvalue weighted by atomic mass is 16.5. The molecule has 0 fully saturated rings. The van der Waals surface area contributed by atoms with Crippen molar-refractivity contribution in [2.24, 2.45) is 5.73 Å². The number of carbonyl (C=O) groups is 1. The minimum absolute atomic E-state index is 0.272. The van der Waals surface area contributed by atoms with Crippen molar-refractivity contribution >= 4 is 5.91 Å². The summed E-state index contributed by atoms with van der Waals surface area (Å²) >= 11 is 0. The van der Waals surface area contributed by atoms with Crippen LogP contribution in [-0.2, 0) is 11.2 Å². The lowest BCUT2D eigenvalue weighted by Crippen LogP contribution is -2.13. The Morgan fingerprint density at radius 1 is 1.10 bits per heavy atom. The van der Waals surface area contributed by atoms with Crippen molar-refractivity contribution in [3.63, 3.8) is 0 Å². The quantitative estimate of drug-likeness (QED) is 0.625. The number of carbonyl (C=O) groups excluding carboxylic acids is 1. The SMILES string of the molecule is CCCCCCCCCOc1cccc(CC(N)=O)c1. The van der Waals surface area contributed by atoms with E-state index in [-0.39, 0.29) is 12.3 Å². The Balaban J connectivity index is 2.14. The van der Waals surface area contributed by atoms with Gasteiger partial charge in [-0.05, 0) is 24.1 Å². The Labute approximate surface area is 122 Å². The van der Waals surface area contributed by atoms with Crippen molar-refractivity contribution in [2.75, 3.05) is 6.61 Å². The predicted molar refractivity (Wildman–Crippen MR) is 82.8 cm³/mol. The monoisotopic (exact) mass is 277 g/mol. The predicted octanol–water partition coefficient (Wildman–Crippen LogP) is 3.84. The zero-order valence-corrected chi connectivity index (χ0v) is 12.6. The molecule has 0 heterocycles. The fourth-order valence-corrected chi connectivity index (χ4v) is 2.20. The van der Waals surface area contributed by atoms with Gasteiger partial charge in [0.25, 0.3) is 0 Å². The highest BCUT2D eigenvalue weighted by molar-refractivity contribution is 5.76. The first kappa shape index (κ1) is 16.5. The molecule has 0 aliphatic heterocycles. The summed E-state index contributed by atoms with van der Waals surface area (Å²) in [5, 5.41) is 0. The molecule has 1 rings (SSSR count). The Kier molecular flexibility index (Phi) is 8.52. The number of amides is 1. The lowest BCUT2D eigenvalue weighted by Gasteiger charge is -2.07. The van der Waals surface area contributed by atoms with Gasteiger partial charge in [-0.2, -0.15) is 0 Å². The molecule has 0 aliphatic rings. The summed E-state index contributed by atoms with van der Waals surface area (Å²) in [5.74, 6) is 0.518. The van der Waals surface area contributed by atoms with E-state index in [1.165, 1.54) is 38.5 Å². The van der Waals surface area contributed by atoms with Crippen molar-refractivity contribution in [2.45, 2.75) is 58.3 Å². The van der Waals surface area contributed by atoms with Gasteiger partial charge in [-0.1, -0.05) is 57.6 Å². The molecule has 2 N–H and O–H groups in total. The van der Waals surface area contributed by atoms with Crippen LogP contribution in [0, 0.1) is 0 Å². The van der Waals surface area contributed by atoms with Crippen LogP contribution in [0.15, 0.2) is 24.3 Å². The molecule has 1 aromatic rings. The van der Waals surface area contributed by atoms with Gasteiger partial charge in [-0.15, -0.1) is 0 Å². The minimum Gasteiger partial charge on any atom is -0.494 e. The molecule has 0 spiro atoms. The van der Waals surface area contributed by atoms with Crippen molar-refractivity contribution in [3.05, 3.63) is 29.8 Å². The summed E-state index contributed by atoms with van der Waals surface area (Å²) in [6.07, 6.45) is 9.22. The summed E-state index contributed by atoms with van der Waals surface area (Å²) in [4.78, 5) is 10.9. The van der Waals surface area contributed by atoms with E-state index in [0.29, 0.717) is 0 Å². The second kappa shape index (κ2) is 10.3. The average molecular weight is 277 g/mol. The topological polar surface area (TPSA) is 52.3 Å². The number of unbranched alkanes of at least 4 members (excludes halogenated alkanes) is 6. The Morgan fingerprint density at radius 2 is 1.80 bits per heavy atom. The van der Waals surface area contributed by atoms with Crippen molar-refractivity contribution in [3.8, 4) is 5.75 Å². The number of benzene rings is 1. The van der Waals surface area contributed by atoms with E-state index in [1.807, 2.05) is 24.3 Å². The summed E-state index contributed by atoms with van der Waals surface area (Å²) < 4.78 is 5.70. The van der Waals surface area contributed by atoms with Crippen LogP contribution in [0.5, 0.6) is 5.75 Å². The number of hydrogen-bond donors (Lipinski definition) is 1. The van der Waals surface area contributed by atoms with Crippen LogP contribution in [0.25, 0.3) is 0 Å². The van der Waals surface area contributed by atoms with Gasteiger partial charge in [0.15, 0.2) is 0 Å². The van der Waals surface area contributed by atoms with Crippen LogP contribution < -0.4 is 10.5 Å². The molecule has 0 unspecified atom stereocenters. The maximum absolute atomic E-state index is 10.9. The highest BCUT2D eigenvalue weighted by Gasteiger charge is 2.00. The lowest BCUT2D eigenvalue weighted by atomic mass is 10.1. The second-order valence-corrected chi connectivity index (χ2v) is 5.26. The number of nitrogens with two attached hydrogens (primary N) is 1. The van der Waals surface area contributed by atoms with E-state index < -0.39 is 0 Å². The molecule has 0 saturated carbocycles. The Hall–Kier alpha value is -1.51. The summed E-state index contributed by atoms with van der Waals surface area (Å²) in [5.41, 5.74) is 6.10. The third-order valence-electron chi connectivity index (χ3n) is 3.29. The summed E-state index contributed by atoms with van der Waals surface area (Å²) in [6, 6.07) is 7.61. The third-order valence-corrected chi connectivity index (χ3v) is 3.29. The van der Waals surface area contributed by atoms with Crippen LogP contribution in [0.3, 0.4) is 0 Å². The maximum Gasteiger partial charge on any atom is 0.221 e. The molecule has 0 radical (unpaired) electrons. The largest absolute Gasteiger partial charge is 0.494 e. The van der Waals surface area contributed by atoms with Gasteiger partial charge in [0.1, 0.15) is 5.75 Å². The second-order valence-electron chi connectivity index (χ2n) is 5.26. The first-order valence-corrected chi connectivity index (χ1v) is 7.72. The van der Waals surface area contributed by atoms with Crippen molar-refractivity contribution < 1.29 is 9.53 Å². The fraction of sp³-hybridized carbons (Fsp3) is 0.588. The molecule has 0 aliphatic carbocycles. The first-order valence-electron chi connectivity index (χ1n) is 7.72. The molecule has 1 aromatic carbocycles. The Bertz CT molecular complexity index is 390. The van der Waals surface area contributed by atoms with Gasteiger partial charge >= 0.3 is 0 Å². The van der Waals surface area contributed by atoms with E-state index in [4.69, 9.17) is 10.5 Å². The van der Waals surface area contributed by atoms with Crippen molar-refractivity contribution in [1.82, 2.24) is 0 Å². The van der Waals surface area contributed by atoms with Gasteiger partial charge in [0.2, 0.25) is 5.91 Å².